The summed E-state index contributed by atoms with van der Waals surface area (Å²) in [5.74, 6) is 7.44. The van der Waals surface area contributed by atoms with Crippen molar-refractivity contribution in [2.75, 3.05) is 5.73 Å². The van der Waals surface area contributed by atoms with Crippen LogP contribution in [0.2, 0.25) is 0 Å². The van der Waals surface area contributed by atoms with Crippen molar-refractivity contribution in [3.63, 3.8) is 0 Å². The third-order valence-electron chi connectivity index (χ3n) is 3.76. The van der Waals surface area contributed by atoms with Gasteiger partial charge in [-0.25, -0.2) is 0 Å². The van der Waals surface area contributed by atoms with Crippen molar-refractivity contribution in [3.8, 4) is 11.8 Å². The van der Waals surface area contributed by atoms with Crippen LogP contribution in [0.4, 0.5) is 5.69 Å². The fraction of sp³-hybridized carbons (Fsp3) is 0.529. The molecule has 1 nitrogen and oxygen atoms in total. The van der Waals surface area contributed by atoms with E-state index in [1.807, 2.05) is 24.3 Å². The van der Waals surface area contributed by atoms with E-state index in [1.54, 1.807) is 0 Å². The Labute approximate surface area is 123 Å². The van der Waals surface area contributed by atoms with E-state index in [2.05, 4.69) is 11.8 Å². The van der Waals surface area contributed by atoms with Crippen LogP contribution in [0.5, 0.6) is 0 Å². The predicted molar refractivity (Wildman–Crippen MR) is 85.4 cm³/mol. The number of hydrogen-bond acceptors (Lipinski definition) is 1. The molecule has 19 heavy (non-hydrogen) atoms. The normalized spacial score (nSPS) is 15.2. The molecular weight excluding hydrogens is 254 g/mol. The summed E-state index contributed by atoms with van der Waals surface area (Å²) in [5.41, 5.74) is 7.55. The van der Waals surface area contributed by atoms with Gasteiger partial charge in [0, 0.05) is 17.7 Å². The van der Waals surface area contributed by atoms with E-state index in [9.17, 15) is 0 Å². The number of unbranched alkanes of at least 4 members (excludes halogenated alkanes) is 1. The molecule has 1 fully saturated rings. The molecule has 1 aliphatic rings. The highest BCUT2D eigenvalue weighted by Crippen LogP contribution is 2.27. The van der Waals surface area contributed by atoms with E-state index in [0.29, 0.717) is 0 Å². The number of nitrogens with two attached hydrogens (primary N) is 1. The Morgan fingerprint density at radius 2 is 1.95 bits per heavy atom. The zero-order valence-corrected chi connectivity index (χ0v) is 12.3. The minimum Gasteiger partial charge on any atom is -0.399 e. The highest BCUT2D eigenvalue weighted by molar-refractivity contribution is 5.85. The summed E-state index contributed by atoms with van der Waals surface area (Å²) in [5, 5.41) is 0. The summed E-state index contributed by atoms with van der Waals surface area (Å²) in [6.07, 6.45) is 10.9. The number of hydrogen-bond donors (Lipinski definition) is 1. The van der Waals surface area contributed by atoms with Crippen molar-refractivity contribution < 1.29 is 0 Å². The van der Waals surface area contributed by atoms with E-state index in [-0.39, 0.29) is 12.4 Å². The van der Waals surface area contributed by atoms with Crippen LogP contribution < -0.4 is 5.73 Å². The van der Waals surface area contributed by atoms with Gasteiger partial charge < -0.3 is 5.73 Å². The third-order valence-corrected chi connectivity index (χ3v) is 3.76. The molecule has 0 atom stereocenters. The number of halogens is 1. The van der Waals surface area contributed by atoms with Crippen LogP contribution in [0.1, 0.15) is 56.9 Å². The molecule has 0 spiro atoms. The topological polar surface area (TPSA) is 26.0 Å². The highest BCUT2D eigenvalue weighted by atomic mass is 35.5. The molecule has 104 valence electrons. The van der Waals surface area contributed by atoms with Crippen molar-refractivity contribution in [1.82, 2.24) is 0 Å². The lowest BCUT2D eigenvalue weighted by Crippen LogP contribution is -2.05. The molecule has 0 aromatic heterocycles. The second-order valence-electron chi connectivity index (χ2n) is 5.32. The van der Waals surface area contributed by atoms with Crippen LogP contribution in [0, 0.1) is 17.8 Å². The zero-order chi connectivity index (χ0) is 12.6. The van der Waals surface area contributed by atoms with E-state index >= 15 is 0 Å². The average molecular weight is 278 g/mol. The minimum atomic E-state index is 0. The average Bonchev–Trinajstić information content (AvgIpc) is 2.40. The van der Waals surface area contributed by atoms with Gasteiger partial charge in [0.05, 0.1) is 0 Å². The van der Waals surface area contributed by atoms with Gasteiger partial charge in [-0.05, 0) is 37.0 Å². The smallest absolute Gasteiger partial charge is 0.0326 e. The molecule has 0 amide bonds. The molecule has 0 aliphatic heterocycles. The number of anilines is 1. The predicted octanol–water partition coefficient (Wildman–Crippen LogP) is 4.79. The Kier molecular flexibility index (Phi) is 7.45. The van der Waals surface area contributed by atoms with Crippen LogP contribution in [0.3, 0.4) is 0 Å². The van der Waals surface area contributed by atoms with Gasteiger partial charge in [-0.3, -0.25) is 0 Å². The molecule has 2 heteroatoms. The highest BCUT2D eigenvalue weighted by Gasteiger charge is 2.11. The fourth-order valence-electron chi connectivity index (χ4n) is 2.74. The number of nitrogen functional groups attached to an aromatic ring is 1. The van der Waals surface area contributed by atoms with Crippen LogP contribution in [-0.4, -0.2) is 0 Å². The van der Waals surface area contributed by atoms with Gasteiger partial charge in [0.25, 0.3) is 0 Å². The van der Waals surface area contributed by atoms with Crippen LogP contribution in [0.25, 0.3) is 0 Å². The zero-order valence-electron chi connectivity index (χ0n) is 11.5. The number of rotatable bonds is 3. The molecule has 1 aliphatic carbocycles. The first-order valence-corrected chi connectivity index (χ1v) is 7.19. The van der Waals surface area contributed by atoms with E-state index in [1.165, 1.54) is 44.9 Å². The molecule has 0 saturated heterocycles. The van der Waals surface area contributed by atoms with Crippen molar-refractivity contribution in [2.24, 2.45) is 5.92 Å². The maximum atomic E-state index is 5.72. The summed E-state index contributed by atoms with van der Waals surface area (Å²) in [4.78, 5) is 0. The third kappa shape index (κ3) is 6.03. The van der Waals surface area contributed by atoms with E-state index in [4.69, 9.17) is 5.73 Å². The fourth-order valence-corrected chi connectivity index (χ4v) is 2.74. The molecule has 0 bridgehead atoms. The van der Waals surface area contributed by atoms with Gasteiger partial charge in [0.15, 0.2) is 0 Å². The van der Waals surface area contributed by atoms with Crippen molar-refractivity contribution in [2.45, 2.75) is 51.4 Å². The van der Waals surface area contributed by atoms with Crippen LogP contribution in [0.15, 0.2) is 24.3 Å². The van der Waals surface area contributed by atoms with Crippen molar-refractivity contribution in [1.29, 1.82) is 0 Å². The van der Waals surface area contributed by atoms with Gasteiger partial charge in [0.2, 0.25) is 0 Å². The standard InChI is InChI=1S/C17H23N.ClH/c18-17-13-7-12-16(14-17)11-6-2-5-10-15-8-3-1-4-9-15;/h7,12-15H,1-5,8-10,18H2;1H. The van der Waals surface area contributed by atoms with Crippen molar-refractivity contribution in [3.05, 3.63) is 29.8 Å². The van der Waals surface area contributed by atoms with Crippen LogP contribution >= 0.6 is 12.4 Å². The second kappa shape index (κ2) is 8.88. The van der Waals surface area contributed by atoms with Gasteiger partial charge in [0.1, 0.15) is 0 Å². The summed E-state index contributed by atoms with van der Waals surface area (Å²) in [6.45, 7) is 0. The maximum absolute atomic E-state index is 5.72. The molecular formula is C17H24ClN. The lowest BCUT2D eigenvalue weighted by Gasteiger charge is -2.20. The molecule has 2 rings (SSSR count). The van der Waals surface area contributed by atoms with Gasteiger partial charge in [-0.2, -0.15) is 0 Å². The Bertz CT molecular complexity index is 424. The molecule has 0 heterocycles. The summed E-state index contributed by atoms with van der Waals surface area (Å²) in [7, 11) is 0. The molecule has 0 radical (unpaired) electrons. The SMILES string of the molecule is Cl.Nc1cccc(C#CCCCC2CCCCC2)c1. The monoisotopic (exact) mass is 277 g/mol. The first-order chi connectivity index (χ1) is 8.84. The quantitative estimate of drug-likeness (QED) is 0.480. The molecule has 0 unspecified atom stereocenters. The number of benzene rings is 1. The largest absolute Gasteiger partial charge is 0.399 e. The first-order valence-electron chi connectivity index (χ1n) is 7.19. The van der Waals surface area contributed by atoms with E-state index < -0.39 is 0 Å². The second-order valence-corrected chi connectivity index (χ2v) is 5.32. The Morgan fingerprint density at radius 3 is 2.68 bits per heavy atom. The van der Waals surface area contributed by atoms with Gasteiger partial charge in [-0.1, -0.05) is 50.0 Å². The molecule has 1 aromatic rings. The molecule has 1 aromatic carbocycles. The van der Waals surface area contributed by atoms with Crippen LogP contribution in [-0.2, 0) is 0 Å². The lowest BCUT2D eigenvalue weighted by molar-refractivity contribution is 0.334. The first kappa shape index (κ1) is 15.9. The molecule has 2 N–H and O–H groups in total. The Hall–Kier alpha value is -1.13. The summed E-state index contributed by atoms with van der Waals surface area (Å²) in [6, 6.07) is 7.81. The Morgan fingerprint density at radius 1 is 1.16 bits per heavy atom. The summed E-state index contributed by atoms with van der Waals surface area (Å²) >= 11 is 0. The lowest BCUT2D eigenvalue weighted by atomic mass is 9.86. The minimum absolute atomic E-state index is 0. The van der Waals surface area contributed by atoms with E-state index in [0.717, 1.165) is 23.6 Å². The van der Waals surface area contributed by atoms with Gasteiger partial charge in [-0.15, -0.1) is 12.4 Å². The summed E-state index contributed by atoms with van der Waals surface area (Å²) < 4.78 is 0. The van der Waals surface area contributed by atoms with Gasteiger partial charge >= 0.3 is 0 Å². The Balaban J connectivity index is 0.00000180. The van der Waals surface area contributed by atoms with Crippen molar-refractivity contribution >= 4 is 18.1 Å². The molecule has 1 saturated carbocycles. The maximum Gasteiger partial charge on any atom is 0.0326 e.